The Kier molecular flexibility index (Phi) is 5.35. The highest BCUT2D eigenvalue weighted by Gasteiger charge is 2.13. The second-order valence-electron chi connectivity index (χ2n) is 4.36. The number of hydrazone groups is 1. The maximum atomic E-state index is 11.8. The molecule has 0 aromatic heterocycles. The molecule has 1 N–H and O–H groups in total. The summed E-state index contributed by atoms with van der Waals surface area (Å²) in [5.74, 6) is 0.208. The van der Waals surface area contributed by atoms with E-state index in [0.717, 1.165) is 5.56 Å². The number of nitrogens with one attached hydrogen (secondary N) is 1. The van der Waals surface area contributed by atoms with E-state index in [2.05, 4.69) is 10.5 Å². The Morgan fingerprint density at radius 3 is 2.71 bits per heavy atom. The van der Waals surface area contributed by atoms with Crippen LogP contribution in [0, 0.1) is 0 Å². The molecule has 0 fully saturated rings. The molecule has 0 aliphatic rings. The van der Waals surface area contributed by atoms with Gasteiger partial charge in [-0.3, -0.25) is 4.79 Å². The van der Waals surface area contributed by atoms with Crippen LogP contribution in [0.1, 0.15) is 12.5 Å². The molecule has 0 saturated heterocycles. The molecule has 2 aromatic rings. The third kappa shape index (κ3) is 4.93. The fourth-order valence-corrected chi connectivity index (χ4v) is 1.78. The number of carbonyl (C=O) groups is 1. The van der Waals surface area contributed by atoms with Crippen LogP contribution < -0.4 is 10.2 Å². The molecule has 0 bridgehead atoms. The van der Waals surface area contributed by atoms with Gasteiger partial charge in [-0.05, 0) is 30.7 Å². The van der Waals surface area contributed by atoms with E-state index in [1.807, 2.05) is 30.3 Å². The minimum absolute atomic E-state index is 0.331. The Labute approximate surface area is 128 Å². The quantitative estimate of drug-likeness (QED) is 0.681. The molecule has 0 radical (unpaired) electrons. The van der Waals surface area contributed by atoms with Crippen LogP contribution >= 0.6 is 11.6 Å². The summed E-state index contributed by atoms with van der Waals surface area (Å²) in [6.07, 6.45) is 0.903. The molecule has 2 aromatic carbocycles. The van der Waals surface area contributed by atoms with Gasteiger partial charge in [-0.15, -0.1) is 0 Å². The Morgan fingerprint density at radius 2 is 2.00 bits per heavy atom. The van der Waals surface area contributed by atoms with Crippen LogP contribution in [0.25, 0.3) is 0 Å². The van der Waals surface area contributed by atoms with E-state index in [0.29, 0.717) is 10.8 Å². The van der Waals surface area contributed by atoms with Crippen molar-refractivity contribution in [3.63, 3.8) is 0 Å². The van der Waals surface area contributed by atoms with Gasteiger partial charge in [0, 0.05) is 5.02 Å². The number of nitrogens with zero attached hydrogens (tertiary/aromatic N) is 1. The fourth-order valence-electron chi connectivity index (χ4n) is 1.60. The van der Waals surface area contributed by atoms with Crippen molar-refractivity contribution in [2.45, 2.75) is 13.0 Å². The van der Waals surface area contributed by atoms with Crippen molar-refractivity contribution < 1.29 is 9.53 Å². The molecule has 0 saturated carbocycles. The fraction of sp³-hybridized carbons (Fsp3) is 0.125. The van der Waals surface area contributed by atoms with E-state index in [-0.39, 0.29) is 5.91 Å². The van der Waals surface area contributed by atoms with Gasteiger partial charge in [0.2, 0.25) is 0 Å². The lowest BCUT2D eigenvalue weighted by Gasteiger charge is -2.12. The van der Waals surface area contributed by atoms with Gasteiger partial charge in [-0.25, -0.2) is 5.43 Å². The van der Waals surface area contributed by atoms with E-state index in [1.165, 1.54) is 0 Å². The predicted octanol–water partition coefficient (Wildman–Crippen LogP) is 3.26. The average Bonchev–Trinajstić information content (AvgIpc) is 2.48. The molecule has 1 amide bonds. The van der Waals surface area contributed by atoms with E-state index in [9.17, 15) is 4.79 Å². The Morgan fingerprint density at radius 1 is 1.24 bits per heavy atom. The maximum Gasteiger partial charge on any atom is 0.280 e. The monoisotopic (exact) mass is 302 g/mol. The molecule has 0 heterocycles. The first-order valence-electron chi connectivity index (χ1n) is 6.45. The van der Waals surface area contributed by atoms with Crippen molar-refractivity contribution in [1.82, 2.24) is 5.43 Å². The van der Waals surface area contributed by atoms with Crippen molar-refractivity contribution in [3.8, 4) is 5.75 Å². The maximum absolute atomic E-state index is 11.8. The zero-order chi connectivity index (χ0) is 15.1. The van der Waals surface area contributed by atoms with Crippen molar-refractivity contribution >= 4 is 23.7 Å². The van der Waals surface area contributed by atoms with Gasteiger partial charge in [0.1, 0.15) is 5.75 Å². The van der Waals surface area contributed by atoms with Gasteiger partial charge in [0.15, 0.2) is 6.10 Å². The van der Waals surface area contributed by atoms with Crippen molar-refractivity contribution in [2.24, 2.45) is 5.10 Å². The summed E-state index contributed by atoms with van der Waals surface area (Å²) in [4.78, 5) is 11.8. The molecule has 0 spiro atoms. The third-order valence-electron chi connectivity index (χ3n) is 2.67. The molecule has 1 atom stereocenters. The minimum Gasteiger partial charge on any atom is -0.481 e. The smallest absolute Gasteiger partial charge is 0.280 e. The summed E-state index contributed by atoms with van der Waals surface area (Å²) in [6.45, 7) is 1.65. The molecule has 1 unspecified atom stereocenters. The number of hydrogen-bond acceptors (Lipinski definition) is 3. The largest absolute Gasteiger partial charge is 0.481 e. The first kappa shape index (κ1) is 15.1. The molecule has 2 rings (SSSR count). The van der Waals surface area contributed by atoms with Gasteiger partial charge in [0.05, 0.1) is 6.21 Å². The molecule has 21 heavy (non-hydrogen) atoms. The summed E-state index contributed by atoms with van der Waals surface area (Å²) in [5, 5.41) is 4.45. The zero-order valence-electron chi connectivity index (χ0n) is 11.5. The number of benzene rings is 2. The van der Waals surface area contributed by atoms with Crippen LogP contribution in [0.15, 0.2) is 59.7 Å². The second-order valence-corrected chi connectivity index (χ2v) is 4.80. The van der Waals surface area contributed by atoms with Gasteiger partial charge >= 0.3 is 0 Å². The first-order chi connectivity index (χ1) is 10.1. The van der Waals surface area contributed by atoms with Crippen LogP contribution in [0.3, 0.4) is 0 Å². The van der Waals surface area contributed by atoms with Gasteiger partial charge in [-0.1, -0.05) is 48.0 Å². The van der Waals surface area contributed by atoms with Crippen molar-refractivity contribution in [1.29, 1.82) is 0 Å². The van der Waals surface area contributed by atoms with Crippen LogP contribution in [0.5, 0.6) is 5.75 Å². The van der Waals surface area contributed by atoms with E-state index >= 15 is 0 Å². The second kappa shape index (κ2) is 7.45. The third-order valence-corrected chi connectivity index (χ3v) is 2.90. The summed E-state index contributed by atoms with van der Waals surface area (Å²) in [5.41, 5.74) is 3.34. The Balaban J connectivity index is 1.87. The van der Waals surface area contributed by atoms with Crippen LogP contribution in [-0.2, 0) is 4.79 Å². The van der Waals surface area contributed by atoms with Crippen LogP contribution in [-0.4, -0.2) is 18.2 Å². The van der Waals surface area contributed by atoms with Gasteiger partial charge in [-0.2, -0.15) is 5.10 Å². The van der Waals surface area contributed by atoms with Crippen LogP contribution in [0.4, 0.5) is 0 Å². The van der Waals surface area contributed by atoms with Crippen LogP contribution in [0.2, 0.25) is 5.02 Å². The first-order valence-corrected chi connectivity index (χ1v) is 6.83. The highest BCUT2D eigenvalue weighted by Crippen LogP contribution is 2.18. The zero-order valence-corrected chi connectivity index (χ0v) is 12.2. The molecular formula is C16H15ClN2O2. The van der Waals surface area contributed by atoms with E-state index in [1.54, 1.807) is 37.4 Å². The number of rotatable bonds is 5. The SMILES string of the molecule is CC(Oc1cccc(Cl)c1)C(=O)N/N=C/c1ccccc1. The minimum atomic E-state index is -0.670. The topological polar surface area (TPSA) is 50.7 Å². The summed E-state index contributed by atoms with van der Waals surface area (Å²) in [7, 11) is 0. The number of hydrogen-bond donors (Lipinski definition) is 1. The normalized spacial score (nSPS) is 12.1. The Hall–Kier alpha value is -2.33. The highest BCUT2D eigenvalue weighted by molar-refractivity contribution is 6.30. The predicted molar refractivity (Wildman–Crippen MR) is 83.7 cm³/mol. The molecular weight excluding hydrogens is 288 g/mol. The summed E-state index contributed by atoms with van der Waals surface area (Å²) >= 11 is 5.86. The van der Waals surface area contributed by atoms with Gasteiger partial charge < -0.3 is 4.74 Å². The number of ether oxygens (including phenoxy) is 1. The molecule has 0 aliphatic heterocycles. The number of carbonyl (C=O) groups excluding carboxylic acids is 1. The molecule has 108 valence electrons. The lowest BCUT2D eigenvalue weighted by molar-refractivity contribution is -0.127. The summed E-state index contributed by atoms with van der Waals surface area (Å²) in [6, 6.07) is 16.4. The Bertz CT molecular complexity index is 629. The summed E-state index contributed by atoms with van der Waals surface area (Å²) < 4.78 is 5.49. The standard InChI is InChI=1S/C16H15ClN2O2/c1-12(21-15-9-5-8-14(17)10-15)16(20)19-18-11-13-6-3-2-4-7-13/h2-12H,1H3,(H,19,20)/b18-11+. The highest BCUT2D eigenvalue weighted by atomic mass is 35.5. The van der Waals surface area contributed by atoms with Crippen molar-refractivity contribution in [2.75, 3.05) is 0 Å². The lowest BCUT2D eigenvalue weighted by atomic mass is 10.2. The lowest BCUT2D eigenvalue weighted by Crippen LogP contribution is -2.33. The van der Waals surface area contributed by atoms with Gasteiger partial charge in [0.25, 0.3) is 5.91 Å². The van der Waals surface area contributed by atoms with E-state index < -0.39 is 6.10 Å². The molecule has 0 aliphatic carbocycles. The molecule has 5 heteroatoms. The number of amides is 1. The molecule has 4 nitrogen and oxygen atoms in total. The number of halogens is 1. The van der Waals surface area contributed by atoms with Crippen molar-refractivity contribution in [3.05, 3.63) is 65.2 Å². The van der Waals surface area contributed by atoms with E-state index in [4.69, 9.17) is 16.3 Å². The average molecular weight is 303 g/mol.